The molecular weight excluding hydrogens is 128 g/mol. The smallest absolute Gasteiger partial charge is 0.135 e. The van der Waals surface area contributed by atoms with E-state index < -0.39 is 0 Å². The Morgan fingerprint density at radius 3 is 1.90 bits per heavy atom. The molecule has 0 atom stereocenters. The Bertz CT molecular complexity index is 133. The first-order valence-corrected chi connectivity index (χ1v) is 3.19. The molecule has 0 heterocycles. The lowest BCUT2D eigenvalue weighted by molar-refractivity contribution is 0.241. The Morgan fingerprint density at radius 2 is 1.80 bits per heavy atom. The molecule has 0 unspecified atom stereocenters. The number of hydrazone groups is 1. The Kier molecular flexibility index (Phi) is 2.65. The van der Waals surface area contributed by atoms with E-state index >= 15 is 0 Å². The van der Waals surface area contributed by atoms with Crippen molar-refractivity contribution in [2.75, 3.05) is 0 Å². The van der Waals surface area contributed by atoms with Crippen molar-refractivity contribution in [3.8, 4) is 0 Å². The minimum Gasteiger partial charge on any atom is -0.322 e. The highest BCUT2D eigenvalue weighted by Crippen LogP contribution is 2.07. The molecule has 60 valence electrons. The van der Waals surface area contributed by atoms with E-state index in [9.17, 15) is 0 Å². The van der Waals surface area contributed by atoms with Crippen LogP contribution in [0, 0.1) is 0 Å². The fourth-order valence-corrected chi connectivity index (χ4v) is 0.548. The normalized spacial score (nSPS) is 13.5. The lowest BCUT2D eigenvalue weighted by Crippen LogP contribution is -2.49. The van der Waals surface area contributed by atoms with Gasteiger partial charge in [-0.25, -0.2) is 5.84 Å². The van der Waals surface area contributed by atoms with Crippen molar-refractivity contribution in [1.82, 2.24) is 5.01 Å². The summed E-state index contributed by atoms with van der Waals surface area (Å²) >= 11 is 0. The third kappa shape index (κ3) is 2.23. The van der Waals surface area contributed by atoms with E-state index in [1.54, 1.807) is 6.92 Å². The summed E-state index contributed by atoms with van der Waals surface area (Å²) in [6.45, 7) is 7.73. The molecule has 0 aromatic rings. The Balaban J connectivity index is 4.23. The first kappa shape index (κ1) is 9.23. The molecule has 0 amide bonds. The van der Waals surface area contributed by atoms with Gasteiger partial charge in [-0.15, -0.1) is 0 Å². The predicted octanol–water partition coefficient (Wildman–Crippen LogP) is 0.253. The van der Waals surface area contributed by atoms with Crippen molar-refractivity contribution in [3.63, 3.8) is 0 Å². The van der Waals surface area contributed by atoms with Gasteiger partial charge in [-0.05, 0) is 27.7 Å². The van der Waals surface area contributed by atoms with Gasteiger partial charge in [0.1, 0.15) is 5.84 Å². The first-order chi connectivity index (χ1) is 4.39. The maximum atomic E-state index is 5.63. The summed E-state index contributed by atoms with van der Waals surface area (Å²) in [6, 6.07) is 0. The fourth-order valence-electron chi connectivity index (χ4n) is 0.548. The highest BCUT2D eigenvalue weighted by atomic mass is 15.5. The van der Waals surface area contributed by atoms with Gasteiger partial charge in [0.25, 0.3) is 0 Å². The zero-order chi connectivity index (χ0) is 8.36. The molecule has 0 saturated carbocycles. The zero-order valence-corrected chi connectivity index (χ0v) is 7.05. The molecule has 0 rings (SSSR count). The monoisotopic (exact) mass is 144 g/mol. The minimum absolute atomic E-state index is 0.118. The van der Waals surface area contributed by atoms with Crippen LogP contribution in [0.15, 0.2) is 5.10 Å². The third-order valence-corrected chi connectivity index (χ3v) is 1.26. The maximum absolute atomic E-state index is 5.63. The van der Waals surface area contributed by atoms with Gasteiger partial charge >= 0.3 is 0 Å². The summed E-state index contributed by atoms with van der Waals surface area (Å²) in [4.78, 5) is 0. The summed E-state index contributed by atoms with van der Waals surface area (Å²) < 4.78 is 0. The lowest BCUT2D eigenvalue weighted by Gasteiger charge is -2.31. The van der Waals surface area contributed by atoms with Gasteiger partial charge in [-0.1, -0.05) is 0 Å². The third-order valence-electron chi connectivity index (χ3n) is 1.26. The van der Waals surface area contributed by atoms with Gasteiger partial charge in [0, 0.05) is 5.54 Å². The lowest BCUT2D eigenvalue weighted by atomic mass is 10.1. The Hall–Kier alpha value is -0.770. The number of nitrogens with two attached hydrogens (primary N) is 2. The topological polar surface area (TPSA) is 67.6 Å². The van der Waals surface area contributed by atoms with E-state index in [-0.39, 0.29) is 5.54 Å². The summed E-state index contributed by atoms with van der Waals surface area (Å²) in [7, 11) is 0. The van der Waals surface area contributed by atoms with Crippen LogP contribution in [-0.4, -0.2) is 16.4 Å². The summed E-state index contributed by atoms with van der Waals surface area (Å²) in [5.41, 5.74) is -0.118. The number of nitrogens with zero attached hydrogens (tertiary/aromatic N) is 2. The standard InChI is InChI=1S/C6H16N4/c1-5(9-7)10(8)6(2,3)4/h7-8H2,1-4H3/b9-5-. The summed E-state index contributed by atoms with van der Waals surface area (Å²) in [5, 5.41) is 5.01. The minimum atomic E-state index is -0.118. The van der Waals surface area contributed by atoms with E-state index in [4.69, 9.17) is 11.7 Å². The number of hydrogen-bond acceptors (Lipinski definition) is 3. The molecule has 4 heteroatoms. The van der Waals surface area contributed by atoms with Crippen molar-refractivity contribution in [2.24, 2.45) is 16.8 Å². The molecule has 0 saturated heterocycles. The van der Waals surface area contributed by atoms with Crippen LogP contribution in [0.3, 0.4) is 0 Å². The van der Waals surface area contributed by atoms with E-state index in [2.05, 4.69) is 5.10 Å². The van der Waals surface area contributed by atoms with Crippen LogP contribution in [0.5, 0.6) is 0 Å². The van der Waals surface area contributed by atoms with Crippen molar-refractivity contribution in [2.45, 2.75) is 33.2 Å². The molecule has 10 heavy (non-hydrogen) atoms. The van der Waals surface area contributed by atoms with E-state index in [0.29, 0.717) is 5.84 Å². The first-order valence-electron chi connectivity index (χ1n) is 3.19. The molecule has 0 radical (unpaired) electrons. The molecule has 0 spiro atoms. The summed E-state index contributed by atoms with van der Waals surface area (Å²) in [5.74, 6) is 11.3. The number of rotatable bonds is 0. The van der Waals surface area contributed by atoms with Crippen molar-refractivity contribution >= 4 is 5.84 Å². The van der Waals surface area contributed by atoms with Gasteiger partial charge in [-0.2, -0.15) is 5.10 Å². The molecule has 0 bridgehead atoms. The van der Waals surface area contributed by atoms with Gasteiger partial charge in [-0.3, -0.25) is 5.01 Å². The SMILES string of the molecule is C/C(=N/N)N(N)C(C)(C)C. The van der Waals surface area contributed by atoms with Crippen LogP contribution >= 0.6 is 0 Å². The van der Waals surface area contributed by atoms with Crippen LogP contribution < -0.4 is 11.7 Å². The van der Waals surface area contributed by atoms with Crippen molar-refractivity contribution in [1.29, 1.82) is 0 Å². The highest BCUT2D eigenvalue weighted by molar-refractivity contribution is 5.79. The van der Waals surface area contributed by atoms with Gasteiger partial charge in [0.15, 0.2) is 0 Å². The molecule has 0 aromatic heterocycles. The molecule has 0 aliphatic rings. The van der Waals surface area contributed by atoms with Gasteiger partial charge in [0.2, 0.25) is 0 Å². The quantitative estimate of drug-likeness (QED) is 0.222. The number of hydrogen-bond donors (Lipinski definition) is 2. The largest absolute Gasteiger partial charge is 0.322 e. The number of amidine groups is 1. The van der Waals surface area contributed by atoms with Crippen molar-refractivity contribution in [3.05, 3.63) is 0 Å². The highest BCUT2D eigenvalue weighted by Gasteiger charge is 2.18. The summed E-state index contributed by atoms with van der Waals surface area (Å²) in [6.07, 6.45) is 0. The average molecular weight is 144 g/mol. The molecular formula is C6H16N4. The molecule has 4 nitrogen and oxygen atoms in total. The van der Waals surface area contributed by atoms with Crippen LogP contribution in [-0.2, 0) is 0 Å². The van der Waals surface area contributed by atoms with Crippen LogP contribution in [0.25, 0.3) is 0 Å². The second-order valence-electron chi connectivity index (χ2n) is 3.22. The second-order valence-corrected chi connectivity index (χ2v) is 3.22. The van der Waals surface area contributed by atoms with Crippen LogP contribution in [0.4, 0.5) is 0 Å². The molecule has 0 aliphatic heterocycles. The molecule has 0 fully saturated rings. The van der Waals surface area contributed by atoms with Gasteiger partial charge in [0.05, 0.1) is 0 Å². The van der Waals surface area contributed by atoms with E-state index in [1.807, 2.05) is 20.8 Å². The zero-order valence-electron chi connectivity index (χ0n) is 7.05. The van der Waals surface area contributed by atoms with Crippen LogP contribution in [0.2, 0.25) is 0 Å². The Labute approximate surface area is 61.8 Å². The van der Waals surface area contributed by atoms with E-state index in [1.165, 1.54) is 5.01 Å². The second kappa shape index (κ2) is 2.88. The number of hydrazine groups is 1. The molecule has 4 N–H and O–H groups in total. The average Bonchev–Trinajstić information content (AvgIpc) is 1.83. The van der Waals surface area contributed by atoms with Gasteiger partial charge < -0.3 is 5.84 Å². The van der Waals surface area contributed by atoms with Crippen molar-refractivity contribution < 1.29 is 0 Å². The molecule has 0 aliphatic carbocycles. The Morgan fingerprint density at radius 1 is 1.40 bits per heavy atom. The van der Waals surface area contributed by atoms with Crippen LogP contribution in [0.1, 0.15) is 27.7 Å². The molecule has 0 aromatic carbocycles. The van der Waals surface area contributed by atoms with E-state index in [0.717, 1.165) is 0 Å². The predicted molar refractivity (Wildman–Crippen MR) is 43.1 cm³/mol. The fraction of sp³-hybridized carbons (Fsp3) is 0.833. The maximum Gasteiger partial charge on any atom is 0.135 e.